The fourth-order valence-corrected chi connectivity index (χ4v) is 3.79. The van der Waals surface area contributed by atoms with Crippen LogP contribution in [0.2, 0.25) is 0 Å². The van der Waals surface area contributed by atoms with E-state index in [4.69, 9.17) is 11.5 Å². The Morgan fingerprint density at radius 2 is 1.07 bits per heavy atom. The zero-order chi connectivity index (χ0) is 20.0. The molecule has 0 unspecified atom stereocenters. The van der Waals surface area contributed by atoms with Gasteiger partial charge >= 0.3 is 0 Å². The highest BCUT2D eigenvalue weighted by Crippen LogP contribution is 2.40. The number of Topliss-reactive ketones (excluding diaryl/α,β-unsaturated/α-hetero) is 2. The van der Waals surface area contributed by atoms with E-state index in [1.54, 1.807) is 12.4 Å². The van der Waals surface area contributed by atoms with Gasteiger partial charge in [0.05, 0.1) is 22.5 Å². The number of allylic oxidation sites excluding steroid dienone is 4. The Bertz CT molecular complexity index is 1030. The summed E-state index contributed by atoms with van der Waals surface area (Å²) in [6.45, 7) is 0.646. The summed E-state index contributed by atoms with van der Waals surface area (Å²) in [5, 5.41) is 0. The minimum atomic E-state index is -0.680. The summed E-state index contributed by atoms with van der Waals surface area (Å²) >= 11 is 0. The SMILES string of the molecule is NCCc1c[nH]c2c1C(=O)C(=O)C=C2C1=CC(=O)C(=O)c2c(CCN)c[nH]c21. The molecule has 2 aliphatic carbocycles. The molecule has 0 amide bonds. The van der Waals surface area contributed by atoms with Gasteiger partial charge in [-0.15, -0.1) is 0 Å². The average Bonchev–Trinajstić information content (AvgIpc) is 3.27. The molecule has 0 saturated carbocycles. The number of rotatable bonds is 5. The average molecular weight is 378 g/mol. The zero-order valence-corrected chi connectivity index (χ0v) is 14.9. The third kappa shape index (κ3) is 2.54. The van der Waals surface area contributed by atoms with Gasteiger partial charge < -0.3 is 21.4 Å². The van der Waals surface area contributed by atoms with Gasteiger partial charge in [-0.05, 0) is 49.2 Å². The standard InChI is InChI=1S/C20H18N4O4/c21-3-1-9-7-23-17-11(5-13(25)19(27)15(9)17)12-6-14(26)20(28)16-10(2-4-22)8-24-18(12)16/h5-8,23-24H,1-4,21-22H2. The van der Waals surface area contributed by atoms with Crippen molar-refractivity contribution in [2.45, 2.75) is 12.8 Å². The molecule has 4 rings (SSSR count). The van der Waals surface area contributed by atoms with Crippen LogP contribution in [0.1, 0.15) is 43.2 Å². The minimum absolute atomic E-state index is 0.272. The first-order valence-electron chi connectivity index (χ1n) is 8.90. The third-order valence-electron chi connectivity index (χ3n) is 5.03. The van der Waals surface area contributed by atoms with Crippen LogP contribution in [0, 0.1) is 0 Å². The van der Waals surface area contributed by atoms with E-state index in [1.165, 1.54) is 12.2 Å². The largest absolute Gasteiger partial charge is 0.360 e. The summed E-state index contributed by atoms with van der Waals surface area (Å²) in [6.07, 6.45) is 6.57. The summed E-state index contributed by atoms with van der Waals surface area (Å²) in [4.78, 5) is 55.6. The second-order valence-electron chi connectivity index (χ2n) is 6.71. The van der Waals surface area contributed by atoms with Gasteiger partial charge in [0, 0.05) is 23.5 Å². The quantitative estimate of drug-likeness (QED) is 0.551. The molecule has 0 atom stereocenters. The normalized spacial score (nSPS) is 16.1. The molecule has 8 heteroatoms. The second kappa shape index (κ2) is 6.66. The number of carbonyl (C=O) groups is 4. The lowest BCUT2D eigenvalue weighted by Gasteiger charge is -2.19. The van der Waals surface area contributed by atoms with Crippen LogP contribution in [0.25, 0.3) is 11.1 Å². The lowest BCUT2D eigenvalue weighted by atomic mass is 9.82. The van der Waals surface area contributed by atoms with Crippen LogP contribution in [-0.4, -0.2) is 46.2 Å². The molecule has 0 spiro atoms. The molecule has 2 aromatic heterocycles. The molecule has 0 radical (unpaired) electrons. The number of carbonyl (C=O) groups excluding carboxylic acids is 4. The monoisotopic (exact) mass is 378 g/mol. The Kier molecular flexibility index (Phi) is 4.29. The molecule has 2 aromatic rings. The summed E-state index contributed by atoms with van der Waals surface area (Å²) in [5.41, 5.74) is 14.7. The van der Waals surface area contributed by atoms with Crippen molar-refractivity contribution in [2.24, 2.45) is 11.5 Å². The fraction of sp³-hybridized carbons (Fsp3) is 0.200. The van der Waals surface area contributed by atoms with Crippen molar-refractivity contribution in [2.75, 3.05) is 13.1 Å². The van der Waals surface area contributed by atoms with Crippen molar-refractivity contribution in [1.82, 2.24) is 9.97 Å². The topological polar surface area (TPSA) is 152 Å². The molecule has 0 saturated heterocycles. The van der Waals surface area contributed by atoms with Crippen LogP contribution >= 0.6 is 0 Å². The minimum Gasteiger partial charge on any atom is -0.360 e. The van der Waals surface area contributed by atoms with E-state index < -0.39 is 23.1 Å². The van der Waals surface area contributed by atoms with Crippen LogP contribution in [-0.2, 0) is 22.4 Å². The molecule has 8 nitrogen and oxygen atoms in total. The zero-order valence-electron chi connectivity index (χ0n) is 14.9. The lowest BCUT2D eigenvalue weighted by molar-refractivity contribution is -0.111. The number of ketones is 4. The van der Waals surface area contributed by atoms with Gasteiger partial charge in [0.1, 0.15) is 0 Å². The number of hydrogen-bond donors (Lipinski definition) is 4. The van der Waals surface area contributed by atoms with Crippen LogP contribution in [0.5, 0.6) is 0 Å². The number of aromatic nitrogens is 2. The predicted molar refractivity (Wildman–Crippen MR) is 102 cm³/mol. The highest BCUT2D eigenvalue weighted by atomic mass is 16.2. The number of aromatic amines is 2. The maximum atomic E-state index is 12.4. The lowest BCUT2D eigenvalue weighted by Crippen LogP contribution is -2.23. The van der Waals surface area contributed by atoms with Crippen LogP contribution in [0.4, 0.5) is 0 Å². The van der Waals surface area contributed by atoms with Crippen LogP contribution in [0.3, 0.4) is 0 Å². The van der Waals surface area contributed by atoms with E-state index in [0.717, 1.165) is 0 Å². The smallest absolute Gasteiger partial charge is 0.235 e. The summed E-state index contributed by atoms with van der Waals surface area (Å²) < 4.78 is 0. The number of nitrogens with two attached hydrogens (primary N) is 2. The maximum absolute atomic E-state index is 12.4. The maximum Gasteiger partial charge on any atom is 0.235 e. The Morgan fingerprint density at radius 1 is 0.679 bits per heavy atom. The molecule has 2 aliphatic rings. The van der Waals surface area contributed by atoms with E-state index in [0.29, 0.717) is 59.6 Å². The summed E-state index contributed by atoms with van der Waals surface area (Å²) in [6, 6.07) is 0. The van der Waals surface area contributed by atoms with E-state index in [1.807, 2.05) is 0 Å². The number of nitrogens with one attached hydrogen (secondary N) is 2. The van der Waals surface area contributed by atoms with Crippen molar-refractivity contribution in [3.63, 3.8) is 0 Å². The van der Waals surface area contributed by atoms with Gasteiger partial charge in [-0.3, -0.25) is 19.2 Å². The molecule has 28 heavy (non-hydrogen) atoms. The summed E-state index contributed by atoms with van der Waals surface area (Å²) in [5.74, 6) is -2.59. The number of H-pyrrole nitrogens is 2. The number of fused-ring (bicyclic) bond motifs is 2. The molecular weight excluding hydrogens is 360 g/mol. The molecule has 142 valence electrons. The molecule has 2 heterocycles. The van der Waals surface area contributed by atoms with E-state index in [-0.39, 0.29) is 11.1 Å². The first-order valence-corrected chi connectivity index (χ1v) is 8.90. The highest BCUT2D eigenvalue weighted by Gasteiger charge is 2.36. The highest BCUT2D eigenvalue weighted by molar-refractivity contribution is 6.55. The van der Waals surface area contributed by atoms with Gasteiger partial charge in [-0.25, -0.2) is 0 Å². The second-order valence-corrected chi connectivity index (χ2v) is 6.71. The first kappa shape index (κ1) is 18.0. The van der Waals surface area contributed by atoms with Gasteiger partial charge in [-0.1, -0.05) is 0 Å². The Labute approximate surface area is 159 Å². The Balaban J connectivity index is 1.91. The number of hydrogen-bond acceptors (Lipinski definition) is 6. The molecule has 6 N–H and O–H groups in total. The Hall–Kier alpha value is -3.36. The van der Waals surface area contributed by atoms with E-state index >= 15 is 0 Å². The van der Waals surface area contributed by atoms with Crippen molar-refractivity contribution in [3.8, 4) is 0 Å². The van der Waals surface area contributed by atoms with Gasteiger partial charge in [0.2, 0.25) is 23.1 Å². The van der Waals surface area contributed by atoms with Crippen LogP contribution in [0.15, 0.2) is 24.5 Å². The van der Waals surface area contributed by atoms with Gasteiger partial charge in [0.15, 0.2) is 0 Å². The molecular formula is C20H18N4O4. The van der Waals surface area contributed by atoms with E-state index in [2.05, 4.69) is 9.97 Å². The molecule has 0 aromatic carbocycles. The van der Waals surface area contributed by atoms with Gasteiger partial charge in [0.25, 0.3) is 0 Å². The van der Waals surface area contributed by atoms with Gasteiger partial charge in [-0.2, -0.15) is 0 Å². The van der Waals surface area contributed by atoms with Crippen LogP contribution < -0.4 is 11.5 Å². The van der Waals surface area contributed by atoms with E-state index in [9.17, 15) is 19.2 Å². The first-order chi connectivity index (χ1) is 13.5. The molecule has 0 aliphatic heterocycles. The Morgan fingerprint density at radius 3 is 1.43 bits per heavy atom. The van der Waals surface area contributed by atoms with Crippen molar-refractivity contribution < 1.29 is 19.2 Å². The third-order valence-corrected chi connectivity index (χ3v) is 5.03. The fourth-order valence-electron chi connectivity index (χ4n) is 3.79. The molecule has 0 fully saturated rings. The van der Waals surface area contributed by atoms with Crippen molar-refractivity contribution >= 4 is 34.3 Å². The summed E-state index contributed by atoms with van der Waals surface area (Å²) in [7, 11) is 0. The van der Waals surface area contributed by atoms with Crippen molar-refractivity contribution in [1.29, 1.82) is 0 Å². The molecule has 0 bridgehead atoms. The van der Waals surface area contributed by atoms with Crippen molar-refractivity contribution in [3.05, 3.63) is 58.2 Å². The predicted octanol–water partition coefficient (Wildman–Crippen LogP) is 0.343.